The number of aromatic nitrogens is 2. The molecule has 0 radical (unpaired) electrons. The summed E-state index contributed by atoms with van der Waals surface area (Å²) >= 11 is 5.99. The van der Waals surface area contributed by atoms with Crippen molar-refractivity contribution in [1.82, 2.24) is 9.78 Å². The maximum Gasteiger partial charge on any atom is 0.259 e. The maximum atomic E-state index is 14.7. The van der Waals surface area contributed by atoms with Crippen LogP contribution in [-0.4, -0.2) is 42.0 Å². The molecule has 2 heterocycles. The molecular formula is C23H24ClFN4O2. The van der Waals surface area contributed by atoms with Crippen LogP contribution in [0.4, 0.5) is 15.8 Å². The van der Waals surface area contributed by atoms with E-state index in [1.165, 1.54) is 12.3 Å². The minimum absolute atomic E-state index is 0.0411. The van der Waals surface area contributed by atoms with Gasteiger partial charge in [-0.05, 0) is 48.4 Å². The summed E-state index contributed by atoms with van der Waals surface area (Å²) in [5.74, 6) is -0.664. The van der Waals surface area contributed by atoms with E-state index in [4.69, 9.17) is 16.3 Å². The molecule has 3 aromatic rings. The van der Waals surface area contributed by atoms with Crippen LogP contribution < -0.4 is 10.2 Å². The van der Waals surface area contributed by atoms with Gasteiger partial charge in [0.2, 0.25) is 0 Å². The topological polar surface area (TPSA) is 59.4 Å². The second-order valence-electron chi connectivity index (χ2n) is 7.71. The van der Waals surface area contributed by atoms with Crippen molar-refractivity contribution in [1.29, 1.82) is 0 Å². The smallest absolute Gasteiger partial charge is 0.259 e. The monoisotopic (exact) mass is 442 g/mol. The van der Waals surface area contributed by atoms with Crippen molar-refractivity contribution in [2.45, 2.75) is 19.8 Å². The van der Waals surface area contributed by atoms with E-state index in [1.807, 2.05) is 30.9 Å². The third kappa shape index (κ3) is 4.57. The van der Waals surface area contributed by atoms with Gasteiger partial charge in [0, 0.05) is 23.8 Å². The van der Waals surface area contributed by atoms with Gasteiger partial charge in [-0.2, -0.15) is 5.10 Å². The highest BCUT2D eigenvalue weighted by atomic mass is 35.5. The van der Waals surface area contributed by atoms with Gasteiger partial charge >= 0.3 is 0 Å². The van der Waals surface area contributed by atoms with Crippen molar-refractivity contribution in [3.05, 3.63) is 70.8 Å². The van der Waals surface area contributed by atoms with E-state index in [0.717, 1.165) is 11.4 Å². The predicted molar refractivity (Wildman–Crippen MR) is 120 cm³/mol. The first kappa shape index (κ1) is 21.3. The normalized spacial score (nSPS) is 14.2. The molecule has 0 saturated carbocycles. The molecule has 0 aliphatic carbocycles. The molecule has 1 saturated heterocycles. The number of ether oxygens (including phenoxy) is 1. The molecule has 31 heavy (non-hydrogen) atoms. The average Bonchev–Trinajstić information content (AvgIpc) is 3.21. The van der Waals surface area contributed by atoms with Crippen molar-refractivity contribution in [2.75, 3.05) is 36.5 Å². The number of benzene rings is 2. The molecule has 0 atom stereocenters. The molecule has 1 N–H and O–H groups in total. The highest BCUT2D eigenvalue weighted by Crippen LogP contribution is 2.27. The second-order valence-corrected chi connectivity index (χ2v) is 8.14. The summed E-state index contributed by atoms with van der Waals surface area (Å²) in [5, 5.41) is 7.84. The Kier molecular flexibility index (Phi) is 6.25. The SMILES string of the molecule is CC(C)c1c(C(=O)Nc2ccc(N3CCOCC3)c(F)c2)cnn1-c1ccc(Cl)cc1. The minimum atomic E-state index is -0.374. The molecule has 1 fully saturated rings. The quantitative estimate of drug-likeness (QED) is 0.612. The van der Waals surface area contributed by atoms with Crippen LogP contribution in [0, 0.1) is 5.82 Å². The van der Waals surface area contributed by atoms with Gasteiger partial charge < -0.3 is 15.0 Å². The molecule has 0 unspecified atom stereocenters. The molecule has 8 heteroatoms. The Balaban J connectivity index is 1.57. The van der Waals surface area contributed by atoms with Crippen LogP contribution in [0.15, 0.2) is 48.7 Å². The molecular weight excluding hydrogens is 419 g/mol. The van der Waals surface area contributed by atoms with Crippen LogP contribution >= 0.6 is 11.6 Å². The Bertz CT molecular complexity index is 1080. The van der Waals surface area contributed by atoms with Gasteiger partial charge in [0.05, 0.1) is 42.0 Å². The van der Waals surface area contributed by atoms with Crippen LogP contribution in [0.25, 0.3) is 5.69 Å². The largest absolute Gasteiger partial charge is 0.378 e. The number of carbonyl (C=O) groups is 1. The lowest BCUT2D eigenvalue weighted by molar-refractivity contribution is 0.102. The van der Waals surface area contributed by atoms with Crippen molar-refractivity contribution in [3.8, 4) is 5.69 Å². The van der Waals surface area contributed by atoms with E-state index in [0.29, 0.717) is 48.3 Å². The molecule has 0 spiro atoms. The molecule has 1 aliphatic rings. The molecule has 4 rings (SSSR count). The molecule has 2 aromatic carbocycles. The zero-order valence-corrected chi connectivity index (χ0v) is 18.2. The number of amides is 1. The zero-order chi connectivity index (χ0) is 22.0. The van der Waals surface area contributed by atoms with Gasteiger partial charge in [-0.1, -0.05) is 25.4 Å². The Morgan fingerprint density at radius 2 is 1.87 bits per heavy atom. The number of carbonyl (C=O) groups excluding carboxylic acids is 1. The van der Waals surface area contributed by atoms with E-state index in [1.54, 1.807) is 28.9 Å². The molecule has 6 nitrogen and oxygen atoms in total. The minimum Gasteiger partial charge on any atom is -0.378 e. The lowest BCUT2D eigenvalue weighted by Gasteiger charge is -2.29. The Morgan fingerprint density at radius 3 is 2.52 bits per heavy atom. The molecule has 1 aromatic heterocycles. The van der Waals surface area contributed by atoms with Crippen LogP contribution in [-0.2, 0) is 4.74 Å². The van der Waals surface area contributed by atoms with Crippen molar-refractivity contribution in [2.24, 2.45) is 0 Å². The fraction of sp³-hybridized carbons (Fsp3) is 0.304. The van der Waals surface area contributed by atoms with E-state index in [2.05, 4.69) is 10.4 Å². The van der Waals surface area contributed by atoms with Crippen LogP contribution in [0.1, 0.15) is 35.8 Å². The van der Waals surface area contributed by atoms with E-state index >= 15 is 0 Å². The second kappa shape index (κ2) is 9.08. The third-order valence-electron chi connectivity index (χ3n) is 5.23. The van der Waals surface area contributed by atoms with Gasteiger partial charge in [0.15, 0.2) is 0 Å². The highest BCUT2D eigenvalue weighted by molar-refractivity contribution is 6.30. The van der Waals surface area contributed by atoms with Crippen LogP contribution in [0.3, 0.4) is 0 Å². The van der Waals surface area contributed by atoms with Crippen molar-refractivity contribution < 1.29 is 13.9 Å². The number of hydrogen-bond acceptors (Lipinski definition) is 4. The number of rotatable bonds is 5. The Labute approximate surface area is 185 Å². The number of halogens is 2. The lowest BCUT2D eigenvalue weighted by atomic mass is 10.0. The third-order valence-corrected chi connectivity index (χ3v) is 5.48. The predicted octanol–water partition coefficient (Wildman–Crippen LogP) is 4.88. The first-order valence-electron chi connectivity index (χ1n) is 10.2. The molecule has 162 valence electrons. The summed E-state index contributed by atoms with van der Waals surface area (Å²) in [7, 11) is 0. The van der Waals surface area contributed by atoms with E-state index in [-0.39, 0.29) is 17.6 Å². The highest BCUT2D eigenvalue weighted by Gasteiger charge is 2.22. The fourth-order valence-corrected chi connectivity index (χ4v) is 3.85. The average molecular weight is 443 g/mol. The van der Waals surface area contributed by atoms with E-state index < -0.39 is 0 Å². The molecule has 1 amide bonds. The number of nitrogens with one attached hydrogen (secondary N) is 1. The Hall–Kier alpha value is -2.90. The lowest BCUT2D eigenvalue weighted by Crippen LogP contribution is -2.36. The Morgan fingerprint density at radius 1 is 1.16 bits per heavy atom. The summed E-state index contributed by atoms with van der Waals surface area (Å²) in [6, 6.07) is 12.0. The molecule has 1 aliphatic heterocycles. The summed E-state index contributed by atoms with van der Waals surface area (Å²) in [5.41, 5.74) is 2.94. The fourth-order valence-electron chi connectivity index (χ4n) is 3.72. The van der Waals surface area contributed by atoms with Crippen molar-refractivity contribution >= 4 is 28.9 Å². The standard InChI is InChI=1S/C23H24ClFN4O2/c1-15(2)22-19(14-26-29(22)18-6-3-16(24)4-7-18)23(30)27-17-5-8-21(20(25)13-17)28-9-11-31-12-10-28/h3-8,13-15H,9-12H2,1-2H3,(H,27,30). The summed E-state index contributed by atoms with van der Waals surface area (Å²) in [6.45, 7) is 6.43. The van der Waals surface area contributed by atoms with E-state index in [9.17, 15) is 9.18 Å². The first-order chi connectivity index (χ1) is 14.9. The van der Waals surface area contributed by atoms with Gasteiger partial charge in [-0.3, -0.25) is 4.79 Å². The van der Waals surface area contributed by atoms with Crippen LogP contribution in [0.2, 0.25) is 5.02 Å². The first-order valence-corrected chi connectivity index (χ1v) is 10.6. The number of anilines is 2. The summed E-state index contributed by atoms with van der Waals surface area (Å²) < 4.78 is 21.7. The van der Waals surface area contributed by atoms with Gasteiger partial charge in [0.1, 0.15) is 5.82 Å². The maximum absolute atomic E-state index is 14.7. The molecule has 0 bridgehead atoms. The number of morpholine rings is 1. The van der Waals surface area contributed by atoms with Gasteiger partial charge in [0.25, 0.3) is 5.91 Å². The number of nitrogens with zero attached hydrogens (tertiary/aromatic N) is 3. The van der Waals surface area contributed by atoms with Crippen LogP contribution in [0.5, 0.6) is 0 Å². The van der Waals surface area contributed by atoms with Gasteiger partial charge in [-0.15, -0.1) is 0 Å². The zero-order valence-electron chi connectivity index (χ0n) is 17.4. The summed E-state index contributed by atoms with van der Waals surface area (Å²) in [6.07, 6.45) is 1.54. The number of hydrogen-bond donors (Lipinski definition) is 1. The summed E-state index contributed by atoms with van der Waals surface area (Å²) in [4.78, 5) is 14.9. The van der Waals surface area contributed by atoms with Crippen molar-refractivity contribution in [3.63, 3.8) is 0 Å². The van der Waals surface area contributed by atoms with Gasteiger partial charge in [-0.25, -0.2) is 9.07 Å².